The highest BCUT2D eigenvalue weighted by atomic mass is 16.6. The third kappa shape index (κ3) is 5.27. The van der Waals surface area contributed by atoms with Gasteiger partial charge in [0.2, 0.25) is 5.91 Å². The van der Waals surface area contributed by atoms with E-state index in [1.807, 2.05) is 31.3 Å². The lowest BCUT2D eigenvalue weighted by molar-refractivity contribution is -0.384. The molecule has 0 radical (unpaired) electrons. The van der Waals surface area contributed by atoms with Crippen molar-refractivity contribution >= 4 is 17.3 Å². The minimum Gasteiger partial charge on any atom is -0.496 e. The molecule has 144 valence electrons. The number of carbonyl (C=O) groups is 1. The Labute approximate surface area is 159 Å². The van der Waals surface area contributed by atoms with E-state index in [2.05, 4.69) is 17.1 Å². The van der Waals surface area contributed by atoms with Crippen molar-refractivity contribution in [2.24, 2.45) is 0 Å². The number of anilines is 1. The maximum absolute atomic E-state index is 12.3. The van der Waals surface area contributed by atoms with E-state index in [4.69, 9.17) is 4.74 Å². The second-order valence-corrected chi connectivity index (χ2v) is 6.45. The number of hydrogen-bond acceptors (Lipinski definition) is 5. The standard InChI is InChI=1S/C20H25N3O4/c1-14-13-16(23(25)26)9-10-18(14)21-20(24)11-12-22(3)15(2)17-7-5-6-8-19(17)27-4/h5-10,13,15H,11-12H2,1-4H3,(H,21,24). The normalized spacial score (nSPS) is 11.9. The number of nitro benzene ring substituents is 1. The van der Waals surface area contributed by atoms with Gasteiger partial charge in [-0.3, -0.25) is 19.8 Å². The van der Waals surface area contributed by atoms with Crippen LogP contribution in [0, 0.1) is 17.0 Å². The Hall–Kier alpha value is -2.93. The molecule has 2 rings (SSSR count). The van der Waals surface area contributed by atoms with E-state index in [0.717, 1.165) is 11.3 Å². The van der Waals surface area contributed by atoms with E-state index >= 15 is 0 Å². The van der Waals surface area contributed by atoms with E-state index < -0.39 is 4.92 Å². The highest BCUT2D eigenvalue weighted by molar-refractivity contribution is 5.91. The first-order valence-electron chi connectivity index (χ1n) is 8.71. The molecule has 2 aromatic carbocycles. The lowest BCUT2D eigenvalue weighted by Crippen LogP contribution is -2.27. The molecule has 0 saturated carbocycles. The number of para-hydroxylation sites is 1. The van der Waals surface area contributed by atoms with Crippen molar-refractivity contribution in [1.82, 2.24) is 4.90 Å². The summed E-state index contributed by atoms with van der Waals surface area (Å²) in [6.45, 7) is 4.37. The molecule has 7 nitrogen and oxygen atoms in total. The fourth-order valence-corrected chi connectivity index (χ4v) is 2.83. The maximum atomic E-state index is 12.3. The topological polar surface area (TPSA) is 84.7 Å². The summed E-state index contributed by atoms with van der Waals surface area (Å²) in [5.41, 5.74) is 2.32. The summed E-state index contributed by atoms with van der Waals surface area (Å²) in [5.74, 6) is 0.689. The minimum absolute atomic E-state index is 0.0101. The summed E-state index contributed by atoms with van der Waals surface area (Å²) >= 11 is 0. The Bertz CT molecular complexity index is 823. The molecular formula is C20H25N3O4. The van der Waals surface area contributed by atoms with Gasteiger partial charge in [-0.15, -0.1) is 0 Å². The molecule has 1 atom stereocenters. The highest BCUT2D eigenvalue weighted by Gasteiger charge is 2.17. The van der Waals surface area contributed by atoms with Gasteiger partial charge in [0, 0.05) is 42.4 Å². The molecule has 0 bridgehead atoms. The van der Waals surface area contributed by atoms with Gasteiger partial charge in [0.05, 0.1) is 12.0 Å². The first-order chi connectivity index (χ1) is 12.8. The smallest absolute Gasteiger partial charge is 0.269 e. The number of non-ortho nitro benzene ring substituents is 1. The highest BCUT2D eigenvalue weighted by Crippen LogP contribution is 2.28. The van der Waals surface area contributed by atoms with Gasteiger partial charge in [-0.05, 0) is 38.6 Å². The van der Waals surface area contributed by atoms with E-state index in [0.29, 0.717) is 24.2 Å². The first kappa shape index (κ1) is 20.4. The van der Waals surface area contributed by atoms with Crippen molar-refractivity contribution in [3.8, 4) is 5.75 Å². The fraction of sp³-hybridized carbons (Fsp3) is 0.350. The molecule has 1 amide bonds. The van der Waals surface area contributed by atoms with Crippen molar-refractivity contribution in [1.29, 1.82) is 0 Å². The molecule has 7 heteroatoms. The number of nitrogens with one attached hydrogen (secondary N) is 1. The summed E-state index contributed by atoms with van der Waals surface area (Å²) in [5, 5.41) is 13.6. The number of amides is 1. The van der Waals surface area contributed by atoms with Crippen LogP contribution in [-0.2, 0) is 4.79 Å². The lowest BCUT2D eigenvalue weighted by atomic mass is 10.1. The molecule has 1 N–H and O–H groups in total. The molecule has 1 unspecified atom stereocenters. The molecule has 0 heterocycles. The molecule has 27 heavy (non-hydrogen) atoms. The number of nitrogens with zero attached hydrogens (tertiary/aromatic N) is 2. The summed E-state index contributed by atoms with van der Waals surface area (Å²) < 4.78 is 5.41. The number of ether oxygens (including phenoxy) is 1. The number of nitro groups is 1. The van der Waals surface area contributed by atoms with Crippen LogP contribution in [0.2, 0.25) is 0 Å². The van der Waals surface area contributed by atoms with Crippen molar-refractivity contribution in [2.45, 2.75) is 26.3 Å². The van der Waals surface area contributed by atoms with E-state index in [1.165, 1.54) is 12.1 Å². The van der Waals surface area contributed by atoms with Gasteiger partial charge < -0.3 is 10.1 Å². The number of carbonyl (C=O) groups excluding carboxylic acids is 1. The van der Waals surface area contributed by atoms with Gasteiger partial charge in [0.25, 0.3) is 5.69 Å². The van der Waals surface area contributed by atoms with Crippen LogP contribution in [0.5, 0.6) is 5.75 Å². The van der Waals surface area contributed by atoms with E-state index in [-0.39, 0.29) is 17.6 Å². The average Bonchev–Trinajstić information content (AvgIpc) is 2.66. The maximum Gasteiger partial charge on any atom is 0.269 e. The van der Waals surface area contributed by atoms with Crippen LogP contribution in [0.25, 0.3) is 0 Å². The number of benzene rings is 2. The molecule has 2 aromatic rings. The molecule has 0 saturated heterocycles. The minimum atomic E-state index is -0.452. The molecule has 0 aliphatic carbocycles. The SMILES string of the molecule is COc1ccccc1C(C)N(C)CCC(=O)Nc1ccc([N+](=O)[O-])cc1C. The lowest BCUT2D eigenvalue weighted by Gasteiger charge is -2.26. The summed E-state index contributed by atoms with van der Waals surface area (Å²) in [4.78, 5) is 24.7. The molecule has 0 aliphatic rings. The zero-order valence-electron chi connectivity index (χ0n) is 16.1. The molecule has 0 aliphatic heterocycles. The Kier molecular flexibility index (Phi) is 6.90. The summed E-state index contributed by atoms with van der Waals surface area (Å²) in [7, 11) is 3.60. The van der Waals surface area contributed by atoms with E-state index in [1.54, 1.807) is 20.1 Å². The van der Waals surface area contributed by atoms with Gasteiger partial charge in [-0.25, -0.2) is 0 Å². The summed E-state index contributed by atoms with van der Waals surface area (Å²) in [6, 6.07) is 12.3. The van der Waals surface area contributed by atoms with Crippen LogP contribution >= 0.6 is 0 Å². The van der Waals surface area contributed by atoms with Gasteiger partial charge in [0.15, 0.2) is 0 Å². The average molecular weight is 371 g/mol. The van der Waals surface area contributed by atoms with Gasteiger partial charge in [-0.1, -0.05) is 18.2 Å². The number of aryl methyl sites for hydroxylation is 1. The Morgan fingerprint density at radius 1 is 1.30 bits per heavy atom. The van der Waals surface area contributed by atoms with Crippen molar-refractivity contribution in [2.75, 3.05) is 26.0 Å². The third-order valence-electron chi connectivity index (χ3n) is 4.64. The van der Waals surface area contributed by atoms with Crippen molar-refractivity contribution in [3.05, 3.63) is 63.7 Å². The molecule has 0 fully saturated rings. The second-order valence-electron chi connectivity index (χ2n) is 6.45. The van der Waals surface area contributed by atoms with Crippen LogP contribution in [0.3, 0.4) is 0 Å². The quantitative estimate of drug-likeness (QED) is 0.561. The Morgan fingerprint density at radius 3 is 2.63 bits per heavy atom. The molecule has 0 spiro atoms. The predicted octanol–water partition coefficient (Wildman–Crippen LogP) is 3.93. The Balaban J connectivity index is 1.94. The van der Waals surface area contributed by atoms with Crippen LogP contribution in [0.1, 0.15) is 30.5 Å². The van der Waals surface area contributed by atoms with Crippen LogP contribution < -0.4 is 10.1 Å². The number of methoxy groups -OCH3 is 1. The van der Waals surface area contributed by atoms with Crippen LogP contribution in [0.15, 0.2) is 42.5 Å². The zero-order valence-corrected chi connectivity index (χ0v) is 16.1. The molecule has 0 aromatic heterocycles. The van der Waals surface area contributed by atoms with Gasteiger partial charge in [0.1, 0.15) is 5.75 Å². The first-order valence-corrected chi connectivity index (χ1v) is 8.71. The van der Waals surface area contributed by atoms with Gasteiger partial charge in [-0.2, -0.15) is 0 Å². The number of hydrogen-bond donors (Lipinski definition) is 1. The van der Waals surface area contributed by atoms with Crippen LogP contribution in [0.4, 0.5) is 11.4 Å². The van der Waals surface area contributed by atoms with Crippen LogP contribution in [-0.4, -0.2) is 36.4 Å². The third-order valence-corrected chi connectivity index (χ3v) is 4.64. The summed E-state index contributed by atoms with van der Waals surface area (Å²) in [6.07, 6.45) is 0.312. The zero-order chi connectivity index (χ0) is 20.0. The monoisotopic (exact) mass is 371 g/mol. The fourth-order valence-electron chi connectivity index (χ4n) is 2.83. The van der Waals surface area contributed by atoms with Gasteiger partial charge >= 0.3 is 0 Å². The van der Waals surface area contributed by atoms with Crippen molar-refractivity contribution in [3.63, 3.8) is 0 Å². The predicted molar refractivity (Wildman–Crippen MR) is 105 cm³/mol. The molecular weight excluding hydrogens is 346 g/mol. The van der Waals surface area contributed by atoms with Crippen molar-refractivity contribution < 1.29 is 14.5 Å². The Morgan fingerprint density at radius 2 is 2.00 bits per heavy atom. The number of rotatable bonds is 8. The second kappa shape index (κ2) is 9.14. The largest absolute Gasteiger partial charge is 0.496 e. The van der Waals surface area contributed by atoms with E-state index in [9.17, 15) is 14.9 Å².